The first-order valence-corrected chi connectivity index (χ1v) is 7.57. The maximum absolute atomic E-state index is 12.2. The van der Waals surface area contributed by atoms with Crippen molar-refractivity contribution in [1.82, 2.24) is 4.90 Å². The first-order valence-electron chi connectivity index (χ1n) is 6.59. The molecule has 0 aliphatic rings. The summed E-state index contributed by atoms with van der Waals surface area (Å²) in [6.45, 7) is 2.70. The number of nitrogens with zero attached hydrogens (tertiary/aromatic N) is 3. The fraction of sp³-hybridized carbons (Fsp3) is 0.400. The zero-order valence-corrected chi connectivity index (χ0v) is 12.8. The Balaban J connectivity index is 2.62. The first-order chi connectivity index (χ1) is 10.1. The molecule has 0 radical (unpaired) electrons. The maximum Gasteiger partial charge on any atom is 0.232 e. The molecule has 1 amide bonds. The summed E-state index contributed by atoms with van der Waals surface area (Å²) in [6.07, 6.45) is 0.554. The normalized spacial score (nSPS) is 9.67. The predicted molar refractivity (Wildman–Crippen MR) is 83.4 cm³/mol. The monoisotopic (exact) mass is 302 g/mol. The molecule has 5 nitrogen and oxygen atoms in total. The summed E-state index contributed by atoms with van der Waals surface area (Å²) < 4.78 is 0. The van der Waals surface area contributed by atoms with Crippen LogP contribution in [0.5, 0.6) is 0 Å². The molecule has 0 spiro atoms. The van der Waals surface area contributed by atoms with Gasteiger partial charge in [-0.05, 0) is 24.6 Å². The van der Waals surface area contributed by atoms with Gasteiger partial charge in [0.2, 0.25) is 5.91 Å². The number of rotatable bonds is 7. The minimum atomic E-state index is -0.0627. The van der Waals surface area contributed by atoms with Crippen LogP contribution in [0.4, 0.5) is 5.69 Å². The lowest BCUT2D eigenvalue weighted by molar-refractivity contribution is -0.128. The Bertz CT molecular complexity index is 556. The SMILES string of the molecule is Cc1ccc(N)cc1SCC(=O)N(CCC#N)CCC#N. The highest BCUT2D eigenvalue weighted by Gasteiger charge is 2.14. The number of anilines is 1. The number of hydrogen-bond acceptors (Lipinski definition) is 5. The van der Waals surface area contributed by atoms with E-state index in [2.05, 4.69) is 0 Å². The molecule has 0 fully saturated rings. The molecule has 0 unspecified atom stereocenters. The van der Waals surface area contributed by atoms with Gasteiger partial charge in [0.15, 0.2) is 0 Å². The van der Waals surface area contributed by atoms with Crippen LogP contribution >= 0.6 is 11.8 Å². The Morgan fingerprint density at radius 2 is 1.90 bits per heavy atom. The number of amides is 1. The molecule has 0 bridgehead atoms. The molecule has 1 aromatic rings. The second-order valence-electron chi connectivity index (χ2n) is 4.51. The number of nitrogens with two attached hydrogens (primary N) is 1. The Morgan fingerprint density at radius 1 is 1.29 bits per heavy atom. The van der Waals surface area contributed by atoms with Crippen molar-refractivity contribution in [2.45, 2.75) is 24.7 Å². The highest BCUT2D eigenvalue weighted by molar-refractivity contribution is 8.00. The van der Waals surface area contributed by atoms with E-state index in [0.717, 1.165) is 10.5 Å². The summed E-state index contributed by atoms with van der Waals surface area (Å²) >= 11 is 1.43. The van der Waals surface area contributed by atoms with Crippen LogP contribution in [0.25, 0.3) is 0 Å². The molecule has 0 atom stereocenters. The van der Waals surface area contributed by atoms with Crippen molar-refractivity contribution < 1.29 is 4.79 Å². The molecular weight excluding hydrogens is 284 g/mol. The summed E-state index contributed by atoms with van der Waals surface area (Å²) in [5, 5.41) is 17.3. The van der Waals surface area contributed by atoms with Crippen molar-refractivity contribution in [2.24, 2.45) is 0 Å². The van der Waals surface area contributed by atoms with Crippen molar-refractivity contribution in [1.29, 1.82) is 10.5 Å². The largest absolute Gasteiger partial charge is 0.399 e. The van der Waals surface area contributed by atoms with Crippen LogP contribution in [0.3, 0.4) is 0 Å². The molecule has 0 aliphatic heterocycles. The third kappa shape index (κ3) is 5.76. The average Bonchev–Trinajstić information content (AvgIpc) is 2.48. The molecule has 0 saturated heterocycles. The maximum atomic E-state index is 12.2. The van der Waals surface area contributed by atoms with E-state index >= 15 is 0 Å². The molecule has 0 saturated carbocycles. The lowest BCUT2D eigenvalue weighted by Crippen LogP contribution is -2.34. The first kappa shape index (κ1) is 16.9. The van der Waals surface area contributed by atoms with Gasteiger partial charge in [-0.1, -0.05) is 6.07 Å². The van der Waals surface area contributed by atoms with Crippen LogP contribution in [0.2, 0.25) is 0 Å². The summed E-state index contributed by atoms with van der Waals surface area (Å²) in [5.41, 5.74) is 7.48. The Morgan fingerprint density at radius 3 is 2.48 bits per heavy atom. The summed E-state index contributed by atoms with van der Waals surface area (Å²) in [4.78, 5) is 14.7. The quantitative estimate of drug-likeness (QED) is 0.616. The van der Waals surface area contributed by atoms with Crippen LogP contribution in [-0.2, 0) is 4.79 Å². The van der Waals surface area contributed by atoms with Gasteiger partial charge < -0.3 is 10.6 Å². The smallest absolute Gasteiger partial charge is 0.232 e. The number of nitrogen functional groups attached to an aromatic ring is 1. The molecule has 0 aromatic heterocycles. The number of benzene rings is 1. The Hall–Kier alpha value is -2.18. The van der Waals surface area contributed by atoms with Crippen LogP contribution in [-0.4, -0.2) is 29.6 Å². The zero-order valence-electron chi connectivity index (χ0n) is 12.0. The summed E-state index contributed by atoms with van der Waals surface area (Å²) in [7, 11) is 0. The van der Waals surface area contributed by atoms with E-state index in [0.29, 0.717) is 18.8 Å². The minimum absolute atomic E-state index is 0.0627. The minimum Gasteiger partial charge on any atom is -0.399 e. The number of hydrogen-bond donors (Lipinski definition) is 1. The van der Waals surface area contributed by atoms with Crippen molar-refractivity contribution >= 4 is 23.4 Å². The van der Waals surface area contributed by atoms with E-state index in [1.807, 2.05) is 37.3 Å². The second kappa shape index (κ2) is 8.89. The van der Waals surface area contributed by atoms with Gasteiger partial charge >= 0.3 is 0 Å². The van der Waals surface area contributed by atoms with Gasteiger partial charge in [-0.3, -0.25) is 4.79 Å². The van der Waals surface area contributed by atoms with Crippen LogP contribution in [0.15, 0.2) is 23.1 Å². The van der Waals surface area contributed by atoms with Crippen LogP contribution in [0, 0.1) is 29.6 Å². The molecule has 2 N–H and O–H groups in total. The summed E-state index contributed by atoms with van der Waals surface area (Å²) in [5.74, 6) is 0.216. The number of nitriles is 2. The predicted octanol–water partition coefficient (Wildman–Crippen LogP) is 2.33. The molecule has 6 heteroatoms. The van der Waals surface area contributed by atoms with Crippen LogP contribution in [0.1, 0.15) is 18.4 Å². The number of thioether (sulfide) groups is 1. The molecule has 1 aromatic carbocycles. The van der Waals surface area contributed by atoms with E-state index in [4.69, 9.17) is 16.3 Å². The second-order valence-corrected chi connectivity index (χ2v) is 5.53. The van der Waals surface area contributed by atoms with E-state index in [1.165, 1.54) is 11.8 Å². The van der Waals surface area contributed by atoms with Gasteiger partial charge in [0.05, 0.1) is 30.7 Å². The summed E-state index contributed by atoms with van der Waals surface area (Å²) in [6, 6.07) is 9.64. The van der Waals surface area contributed by atoms with Gasteiger partial charge in [-0.15, -0.1) is 11.8 Å². The molecule has 110 valence electrons. The fourth-order valence-electron chi connectivity index (χ4n) is 1.73. The molecule has 1 rings (SSSR count). The van der Waals surface area contributed by atoms with Crippen LogP contribution < -0.4 is 5.73 Å². The number of carbonyl (C=O) groups excluding carboxylic acids is 1. The molecule has 0 aliphatic carbocycles. The zero-order chi connectivity index (χ0) is 15.7. The standard InChI is InChI=1S/C15H18N4OS/c1-12-4-5-13(18)10-14(12)21-11-15(20)19(8-2-6-16)9-3-7-17/h4-5,10H,2-3,8-9,11,18H2,1H3. The van der Waals surface area contributed by atoms with Gasteiger partial charge in [-0.2, -0.15) is 10.5 Å². The third-order valence-electron chi connectivity index (χ3n) is 2.90. The molecule has 0 heterocycles. The van der Waals surface area contributed by atoms with Crippen molar-refractivity contribution in [2.75, 3.05) is 24.6 Å². The van der Waals surface area contributed by atoms with Gasteiger partial charge in [0.25, 0.3) is 0 Å². The van der Waals surface area contributed by atoms with E-state index in [-0.39, 0.29) is 24.5 Å². The Labute approximate surface area is 129 Å². The van der Waals surface area contributed by atoms with Gasteiger partial charge in [0, 0.05) is 23.7 Å². The van der Waals surface area contributed by atoms with E-state index in [9.17, 15) is 4.79 Å². The van der Waals surface area contributed by atoms with Gasteiger partial charge in [0.1, 0.15) is 0 Å². The number of aryl methyl sites for hydroxylation is 1. The number of carbonyl (C=O) groups is 1. The topological polar surface area (TPSA) is 93.9 Å². The highest BCUT2D eigenvalue weighted by Crippen LogP contribution is 2.24. The van der Waals surface area contributed by atoms with E-state index in [1.54, 1.807) is 4.90 Å². The van der Waals surface area contributed by atoms with Crippen molar-refractivity contribution in [3.8, 4) is 12.1 Å². The van der Waals surface area contributed by atoms with E-state index < -0.39 is 0 Å². The fourth-order valence-corrected chi connectivity index (χ4v) is 2.71. The highest BCUT2D eigenvalue weighted by atomic mass is 32.2. The lowest BCUT2D eigenvalue weighted by atomic mass is 10.2. The van der Waals surface area contributed by atoms with Gasteiger partial charge in [-0.25, -0.2) is 0 Å². The van der Waals surface area contributed by atoms with Crippen molar-refractivity contribution in [3.63, 3.8) is 0 Å². The van der Waals surface area contributed by atoms with Crippen molar-refractivity contribution in [3.05, 3.63) is 23.8 Å². The molecular formula is C15H18N4OS. The Kier molecular flexibility index (Phi) is 7.14. The average molecular weight is 302 g/mol. The molecule has 21 heavy (non-hydrogen) atoms. The lowest BCUT2D eigenvalue weighted by Gasteiger charge is -2.20. The third-order valence-corrected chi connectivity index (χ3v) is 4.05.